The molecule has 1 aliphatic heterocycles. The largest absolute Gasteiger partial charge is 0.347 e. The van der Waals surface area contributed by atoms with Gasteiger partial charge in [-0.3, -0.25) is 19.7 Å². The quantitative estimate of drug-likeness (QED) is 0.676. The first-order valence-corrected chi connectivity index (χ1v) is 8.28. The van der Waals surface area contributed by atoms with Crippen LogP contribution in [0.2, 0.25) is 0 Å². The predicted molar refractivity (Wildman–Crippen MR) is 97.2 cm³/mol. The normalized spacial score (nSPS) is 16.6. The van der Waals surface area contributed by atoms with E-state index in [4.69, 9.17) is 0 Å². The summed E-state index contributed by atoms with van der Waals surface area (Å²) in [5, 5.41) is 13.8. The lowest BCUT2D eigenvalue weighted by molar-refractivity contribution is -0.385. The van der Waals surface area contributed by atoms with Crippen LogP contribution in [0.4, 0.5) is 11.4 Å². The van der Waals surface area contributed by atoms with E-state index in [1.54, 1.807) is 11.0 Å². The van der Waals surface area contributed by atoms with Gasteiger partial charge in [0.15, 0.2) is 0 Å². The summed E-state index contributed by atoms with van der Waals surface area (Å²) in [6, 6.07) is 11.2. The summed E-state index contributed by atoms with van der Waals surface area (Å²) in [6.07, 6.45) is 0.166. The molecule has 1 heterocycles. The van der Waals surface area contributed by atoms with Gasteiger partial charge in [-0.25, -0.2) is 0 Å². The Hall–Kier alpha value is -3.22. The van der Waals surface area contributed by atoms with Crippen molar-refractivity contribution >= 4 is 23.2 Å². The Morgan fingerprint density at radius 3 is 2.62 bits per heavy atom. The molecule has 1 saturated heterocycles. The van der Waals surface area contributed by atoms with Crippen molar-refractivity contribution in [2.75, 3.05) is 11.4 Å². The van der Waals surface area contributed by atoms with Gasteiger partial charge in [0.2, 0.25) is 5.91 Å². The second-order valence-electron chi connectivity index (χ2n) is 6.42. The summed E-state index contributed by atoms with van der Waals surface area (Å²) in [7, 11) is 0. The van der Waals surface area contributed by atoms with E-state index in [2.05, 4.69) is 5.32 Å². The van der Waals surface area contributed by atoms with Gasteiger partial charge in [0.05, 0.1) is 11.0 Å². The molecule has 0 radical (unpaired) electrons. The van der Waals surface area contributed by atoms with E-state index in [0.717, 1.165) is 16.8 Å². The molecule has 1 atom stereocenters. The van der Waals surface area contributed by atoms with Crippen LogP contribution >= 0.6 is 0 Å². The average Bonchev–Trinajstić information content (AvgIpc) is 2.97. The molecule has 1 aliphatic rings. The zero-order chi connectivity index (χ0) is 18.8. The Labute approximate surface area is 150 Å². The third-order valence-corrected chi connectivity index (χ3v) is 4.61. The number of aryl methyl sites for hydroxylation is 2. The summed E-state index contributed by atoms with van der Waals surface area (Å²) < 4.78 is 0. The van der Waals surface area contributed by atoms with Gasteiger partial charge in [0.1, 0.15) is 5.56 Å². The highest BCUT2D eigenvalue weighted by atomic mass is 16.6. The fraction of sp³-hybridized carbons (Fsp3) is 0.263. The maximum Gasteiger partial charge on any atom is 0.282 e. The number of para-hydroxylation sites is 1. The van der Waals surface area contributed by atoms with Crippen molar-refractivity contribution in [2.24, 2.45) is 0 Å². The highest BCUT2D eigenvalue weighted by molar-refractivity contribution is 6.00. The number of benzene rings is 2. The maximum atomic E-state index is 12.4. The van der Waals surface area contributed by atoms with Crippen LogP contribution < -0.4 is 10.2 Å². The first-order valence-electron chi connectivity index (χ1n) is 8.28. The van der Waals surface area contributed by atoms with Crippen LogP contribution in [0.5, 0.6) is 0 Å². The van der Waals surface area contributed by atoms with E-state index in [0.29, 0.717) is 6.54 Å². The molecule has 7 heteroatoms. The zero-order valence-corrected chi connectivity index (χ0v) is 14.6. The van der Waals surface area contributed by atoms with Gasteiger partial charge in [0.25, 0.3) is 11.6 Å². The SMILES string of the molecule is Cc1ccc(N2CC(NC(=O)c3ccccc3[N+](=O)[O-])CC2=O)cc1C. The van der Waals surface area contributed by atoms with Crippen molar-refractivity contribution in [2.45, 2.75) is 26.3 Å². The summed E-state index contributed by atoms with van der Waals surface area (Å²) in [5.41, 5.74) is 2.76. The van der Waals surface area contributed by atoms with Crippen molar-refractivity contribution in [1.82, 2.24) is 5.32 Å². The van der Waals surface area contributed by atoms with Gasteiger partial charge in [-0.15, -0.1) is 0 Å². The van der Waals surface area contributed by atoms with Crippen LogP contribution in [-0.2, 0) is 4.79 Å². The molecule has 1 N–H and O–H groups in total. The summed E-state index contributed by atoms with van der Waals surface area (Å²) in [5.74, 6) is -0.627. The van der Waals surface area contributed by atoms with Crippen molar-refractivity contribution in [1.29, 1.82) is 0 Å². The molecule has 0 aliphatic carbocycles. The van der Waals surface area contributed by atoms with E-state index in [9.17, 15) is 19.7 Å². The molecule has 0 spiro atoms. The van der Waals surface area contributed by atoms with Crippen molar-refractivity contribution in [3.63, 3.8) is 0 Å². The number of nitro groups is 1. The predicted octanol–water partition coefficient (Wildman–Crippen LogP) is 2.75. The maximum absolute atomic E-state index is 12.4. The molecule has 0 saturated carbocycles. The Kier molecular flexibility index (Phi) is 4.71. The lowest BCUT2D eigenvalue weighted by atomic mass is 10.1. The van der Waals surface area contributed by atoms with Crippen LogP contribution in [0, 0.1) is 24.0 Å². The van der Waals surface area contributed by atoms with E-state index in [-0.39, 0.29) is 23.6 Å². The number of hydrogen-bond acceptors (Lipinski definition) is 4. The molecule has 7 nitrogen and oxygen atoms in total. The summed E-state index contributed by atoms with van der Waals surface area (Å²) >= 11 is 0. The number of nitrogens with zero attached hydrogens (tertiary/aromatic N) is 2. The van der Waals surface area contributed by atoms with Gasteiger partial charge in [-0.1, -0.05) is 18.2 Å². The van der Waals surface area contributed by atoms with Crippen LogP contribution in [-0.4, -0.2) is 29.3 Å². The first-order chi connectivity index (χ1) is 12.4. The van der Waals surface area contributed by atoms with E-state index < -0.39 is 16.9 Å². The molecule has 2 aromatic rings. The minimum Gasteiger partial charge on any atom is -0.347 e. The van der Waals surface area contributed by atoms with Gasteiger partial charge < -0.3 is 10.2 Å². The number of nitrogens with one attached hydrogen (secondary N) is 1. The minimum absolute atomic E-state index is 0.00502. The third-order valence-electron chi connectivity index (χ3n) is 4.61. The molecule has 134 valence electrons. The highest BCUT2D eigenvalue weighted by Gasteiger charge is 2.32. The number of carbonyl (C=O) groups is 2. The number of carbonyl (C=O) groups excluding carboxylic acids is 2. The third kappa shape index (κ3) is 3.42. The Bertz CT molecular complexity index is 894. The zero-order valence-electron chi connectivity index (χ0n) is 14.6. The van der Waals surface area contributed by atoms with E-state index in [1.807, 2.05) is 32.0 Å². The molecule has 26 heavy (non-hydrogen) atoms. The molecule has 3 rings (SSSR count). The standard InChI is InChI=1S/C19H19N3O4/c1-12-7-8-15(9-13(12)2)21-11-14(10-18(21)23)20-19(24)16-5-3-4-6-17(16)22(25)26/h3-9,14H,10-11H2,1-2H3,(H,20,24). The fourth-order valence-corrected chi connectivity index (χ4v) is 3.04. The minimum atomic E-state index is -0.587. The fourth-order valence-electron chi connectivity index (χ4n) is 3.04. The number of rotatable bonds is 4. The molecule has 0 aromatic heterocycles. The van der Waals surface area contributed by atoms with Gasteiger partial charge >= 0.3 is 0 Å². The first kappa shape index (κ1) is 17.6. The molecule has 2 amide bonds. The molecule has 1 unspecified atom stereocenters. The number of nitro benzene ring substituents is 1. The van der Waals surface area contributed by atoms with Gasteiger partial charge in [-0.2, -0.15) is 0 Å². The van der Waals surface area contributed by atoms with Crippen LogP contribution in [0.1, 0.15) is 27.9 Å². The molecule has 1 fully saturated rings. The molecule has 0 bridgehead atoms. The summed E-state index contributed by atoms with van der Waals surface area (Å²) in [6.45, 7) is 4.32. The highest BCUT2D eigenvalue weighted by Crippen LogP contribution is 2.25. The molecule has 2 aromatic carbocycles. The monoisotopic (exact) mass is 353 g/mol. The Balaban J connectivity index is 1.74. The lowest BCUT2D eigenvalue weighted by Crippen LogP contribution is -2.37. The van der Waals surface area contributed by atoms with Crippen molar-refractivity contribution in [3.8, 4) is 0 Å². The van der Waals surface area contributed by atoms with Crippen LogP contribution in [0.15, 0.2) is 42.5 Å². The number of hydrogen-bond donors (Lipinski definition) is 1. The van der Waals surface area contributed by atoms with E-state index in [1.165, 1.54) is 18.2 Å². The van der Waals surface area contributed by atoms with Gasteiger partial charge in [-0.05, 0) is 43.2 Å². The van der Waals surface area contributed by atoms with Crippen LogP contribution in [0.25, 0.3) is 0 Å². The topological polar surface area (TPSA) is 92.6 Å². The van der Waals surface area contributed by atoms with Crippen molar-refractivity contribution < 1.29 is 14.5 Å². The number of amides is 2. The Morgan fingerprint density at radius 1 is 1.19 bits per heavy atom. The second kappa shape index (κ2) is 6.95. The van der Waals surface area contributed by atoms with E-state index >= 15 is 0 Å². The number of anilines is 1. The van der Waals surface area contributed by atoms with Crippen LogP contribution in [0.3, 0.4) is 0 Å². The average molecular weight is 353 g/mol. The lowest BCUT2D eigenvalue weighted by Gasteiger charge is -2.18. The van der Waals surface area contributed by atoms with Crippen molar-refractivity contribution in [3.05, 3.63) is 69.3 Å². The summed E-state index contributed by atoms with van der Waals surface area (Å²) in [4.78, 5) is 36.9. The van der Waals surface area contributed by atoms with Gasteiger partial charge in [0, 0.05) is 24.7 Å². The molecular weight excluding hydrogens is 334 g/mol. The molecular formula is C19H19N3O4. The smallest absolute Gasteiger partial charge is 0.282 e. The Morgan fingerprint density at radius 2 is 1.92 bits per heavy atom. The second-order valence-corrected chi connectivity index (χ2v) is 6.42.